The van der Waals surface area contributed by atoms with Crippen LogP contribution in [0.4, 0.5) is 0 Å². The molecule has 0 radical (unpaired) electrons. The zero-order chi connectivity index (χ0) is 15.4. The zero-order valence-corrected chi connectivity index (χ0v) is 12.9. The molecule has 6 heteroatoms. The van der Waals surface area contributed by atoms with E-state index in [1.54, 1.807) is 6.26 Å². The minimum Gasteiger partial charge on any atom is -0.465 e. The highest BCUT2D eigenvalue weighted by Crippen LogP contribution is 2.19. The van der Waals surface area contributed by atoms with Gasteiger partial charge >= 0.3 is 0 Å². The minimum absolute atomic E-state index is 0.205. The second-order valence-electron chi connectivity index (χ2n) is 5.87. The van der Waals surface area contributed by atoms with E-state index < -0.39 is 0 Å². The molecule has 3 heterocycles. The summed E-state index contributed by atoms with van der Waals surface area (Å²) < 4.78 is 10.6. The maximum atomic E-state index is 9.35. The number of piperazine rings is 1. The van der Waals surface area contributed by atoms with Gasteiger partial charge in [-0.3, -0.25) is 9.80 Å². The Morgan fingerprint density at radius 1 is 1.27 bits per heavy atom. The predicted molar refractivity (Wildman–Crippen MR) is 81.1 cm³/mol. The molecule has 1 saturated heterocycles. The van der Waals surface area contributed by atoms with Crippen LogP contribution in [0.5, 0.6) is 0 Å². The topological polar surface area (TPSA) is 65.9 Å². The van der Waals surface area contributed by atoms with Crippen molar-refractivity contribution < 1.29 is 14.0 Å². The summed E-state index contributed by atoms with van der Waals surface area (Å²) in [5.41, 5.74) is 0.956. The molecule has 1 aliphatic rings. The minimum atomic E-state index is 0.205. The smallest absolute Gasteiger partial charge is 0.124 e. The third-order valence-electron chi connectivity index (χ3n) is 4.18. The van der Waals surface area contributed by atoms with Crippen molar-refractivity contribution in [2.75, 3.05) is 26.2 Å². The Labute approximate surface area is 130 Å². The Hall–Kier alpha value is -1.63. The summed E-state index contributed by atoms with van der Waals surface area (Å²) in [7, 11) is 0. The molecule has 6 nitrogen and oxygen atoms in total. The average molecular weight is 305 g/mol. The van der Waals surface area contributed by atoms with E-state index in [9.17, 15) is 5.11 Å². The number of nitrogens with zero attached hydrogens (tertiary/aromatic N) is 3. The summed E-state index contributed by atoms with van der Waals surface area (Å²) in [6, 6.07) is 6.26. The first-order chi connectivity index (χ1) is 10.7. The SMILES string of the molecule is Cc1ccc(CN2CCN(Cc3ccon3)C[C@H]2CCO)o1. The second kappa shape index (κ2) is 7.09. The van der Waals surface area contributed by atoms with Gasteiger partial charge < -0.3 is 14.0 Å². The first kappa shape index (κ1) is 15.3. The molecule has 0 saturated carbocycles. The van der Waals surface area contributed by atoms with Gasteiger partial charge in [0.25, 0.3) is 0 Å². The number of hydrogen-bond acceptors (Lipinski definition) is 6. The average Bonchev–Trinajstić information content (AvgIpc) is 3.14. The first-order valence-electron chi connectivity index (χ1n) is 7.76. The van der Waals surface area contributed by atoms with Gasteiger partial charge in [-0.2, -0.15) is 0 Å². The van der Waals surface area contributed by atoms with Gasteiger partial charge in [-0.25, -0.2) is 0 Å². The summed E-state index contributed by atoms with van der Waals surface area (Å²) in [6.45, 7) is 6.63. The summed E-state index contributed by atoms with van der Waals surface area (Å²) in [4.78, 5) is 4.76. The molecule has 1 fully saturated rings. The van der Waals surface area contributed by atoms with Crippen LogP contribution in [0.25, 0.3) is 0 Å². The van der Waals surface area contributed by atoms with E-state index in [1.807, 2.05) is 25.1 Å². The Bertz CT molecular complexity index is 567. The van der Waals surface area contributed by atoms with Crippen molar-refractivity contribution in [2.24, 2.45) is 0 Å². The molecule has 2 aromatic rings. The molecule has 22 heavy (non-hydrogen) atoms. The Morgan fingerprint density at radius 3 is 2.86 bits per heavy atom. The van der Waals surface area contributed by atoms with Crippen molar-refractivity contribution in [3.05, 3.63) is 41.7 Å². The van der Waals surface area contributed by atoms with Gasteiger partial charge in [-0.1, -0.05) is 5.16 Å². The van der Waals surface area contributed by atoms with E-state index in [4.69, 9.17) is 8.94 Å². The van der Waals surface area contributed by atoms with Crippen LogP contribution in [0.3, 0.4) is 0 Å². The lowest BCUT2D eigenvalue weighted by Gasteiger charge is -2.40. The van der Waals surface area contributed by atoms with Crippen LogP contribution in [0.2, 0.25) is 0 Å². The van der Waals surface area contributed by atoms with E-state index >= 15 is 0 Å². The summed E-state index contributed by atoms with van der Waals surface area (Å²) in [6.07, 6.45) is 2.38. The van der Waals surface area contributed by atoms with Crippen molar-refractivity contribution in [3.63, 3.8) is 0 Å². The van der Waals surface area contributed by atoms with Gasteiger partial charge in [0.2, 0.25) is 0 Å². The first-order valence-corrected chi connectivity index (χ1v) is 7.76. The number of furan rings is 1. The standard InChI is InChI=1S/C16H23N3O3/c1-13-2-3-16(22-13)12-19-7-6-18(11-15(19)4-8-20)10-14-5-9-21-17-14/h2-3,5,9,15,20H,4,6-8,10-12H2,1H3/t15-/m1/s1. The van der Waals surface area contributed by atoms with Gasteiger partial charge in [-0.05, 0) is 25.5 Å². The lowest BCUT2D eigenvalue weighted by atomic mass is 10.1. The fourth-order valence-electron chi connectivity index (χ4n) is 3.05. The van der Waals surface area contributed by atoms with Crippen molar-refractivity contribution >= 4 is 0 Å². The molecule has 0 spiro atoms. The maximum absolute atomic E-state index is 9.35. The monoisotopic (exact) mass is 305 g/mol. The van der Waals surface area contributed by atoms with Gasteiger partial charge in [0.05, 0.1) is 12.2 Å². The predicted octanol–water partition coefficient (Wildman–Crippen LogP) is 1.64. The lowest BCUT2D eigenvalue weighted by molar-refractivity contribution is 0.0444. The normalized spacial score (nSPS) is 20.5. The van der Waals surface area contributed by atoms with Crippen LogP contribution in [0, 0.1) is 6.92 Å². The highest BCUT2D eigenvalue weighted by atomic mass is 16.5. The van der Waals surface area contributed by atoms with Gasteiger partial charge in [-0.15, -0.1) is 0 Å². The number of aromatic nitrogens is 1. The number of rotatable bonds is 6. The van der Waals surface area contributed by atoms with E-state index in [-0.39, 0.29) is 6.61 Å². The van der Waals surface area contributed by atoms with Crippen LogP contribution < -0.4 is 0 Å². The Kier molecular flexibility index (Phi) is 4.92. The van der Waals surface area contributed by atoms with E-state index in [1.165, 1.54) is 0 Å². The summed E-state index contributed by atoms with van der Waals surface area (Å²) in [5, 5.41) is 13.3. The fraction of sp³-hybridized carbons (Fsp3) is 0.562. The van der Waals surface area contributed by atoms with Gasteiger partial charge in [0.1, 0.15) is 17.8 Å². The molecule has 0 amide bonds. The molecule has 0 bridgehead atoms. The Morgan fingerprint density at radius 2 is 2.18 bits per heavy atom. The molecule has 1 N–H and O–H groups in total. The zero-order valence-electron chi connectivity index (χ0n) is 12.9. The van der Waals surface area contributed by atoms with E-state index in [0.717, 1.165) is 56.4 Å². The summed E-state index contributed by atoms with van der Waals surface area (Å²) >= 11 is 0. The highest BCUT2D eigenvalue weighted by Gasteiger charge is 2.27. The van der Waals surface area contributed by atoms with Crippen molar-refractivity contribution in [2.45, 2.75) is 32.5 Å². The number of aliphatic hydroxyl groups excluding tert-OH is 1. The van der Waals surface area contributed by atoms with Crippen LogP contribution in [0.1, 0.15) is 23.6 Å². The van der Waals surface area contributed by atoms with E-state index in [0.29, 0.717) is 6.04 Å². The molecule has 0 unspecified atom stereocenters. The third kappa shape index (κ3) is 3.76. The molecule has 120 valence electrons. The molecule has 1 aliphatic heterocycles. The molecule has 3 rings (SSSR count). The quantitative estimate of drug-likeness (QED) is 0.875. The second-order valence-corrected chi connectivity index (χ2v) is 5.87. The molecule has 2 aromatic heterocycles. The Balaban J connectivity index is 1.60. The van der Waals surface area contributed by atoms with Crippen molar-refractivity contribution in [3.8, 4) is 0 Å². The molecule has 0 aromatic carbocycles. The van der Waals surface area contributed by atoms with Crippen molar-refractivity contribution in [1.29, 1.82) is 0 Å². The van der Waals surface area contributed by atoms with Crippen LogP contribution >= 0.6 is 0 Å². The number of aryl methyl sites for hydroxylation is 1. The maximum Gasteiger partial charge on any atom is 0.124 e. The fourth-order valence-corrected chi connectivity index (χ4v) is 3.05. The number of aliphatic hydroxyl groups is 1. The molecule has 0 aliphatic carbocycles. The van der Waals surface area contributed by atoms with Gasteiger partial charge in [0.15, 0.2) is 0 Å². The van der Waals surface area contributed by atoms with Gasteiger partial charge in [0, 0.05) is 44.9 Å². The van der Waals surface area contributed by atoms with E-state index in [2.05, 4.69) is 15.0 Å². The lowest BCUT2D eigenvalue weighted by Crippen LogP contribution is -2.52. The molecule has 1 atom stereocenters. The van der Waals surface area contributed by atoms with Crippen LogP contribution in [-0.2, 0) is 13.1 Å². The van der Waals surface area contributed by atoms with Crippen LogP contribution in [0.15, 0.2) is 33.4 Å². The van der Waals surface area contributed by atoms with Crippen molar-refractivity contribution in [1.82, 2.24) is 15.0 Å². The molecular formula is C16H23N3O3. The molecular weight excluding hydrogens is 282 g/mol. The van der Waals surface area contributed by atoms with Crippen LogP contribution in [-0.4, -0.2) is 52.3 Å². The third-order valence-corrected chi connectivity index (χ3v) is 4.18. The highest BCUT2D eigenvalue weighted by molar-refractivity contribution is 5.06. The summed E-state index contributed by atoms with van der Waals surface area (Å²) in [5.74, 6) is 1.93. The largest absolute Gasteiger partial charge is 0.465 e. The number of hydrogen-bond donors (Lipinski definition) is 1.